The number of phenols is 1. The number of fused-ring (bicyclic) bond motifs is 2. The molecule has 0 saturated heterocycles. The molecular weight excluding hydrogens is 319 g/mol. The fourth-order valence-electron chi connectivity index (χ4n) is 3.50. The molecule has 3 aromatic rings. The zero-order chi connectivity index (χ0) is 17.4. The van der Waals surface area contributed by atoms with Gasteiger partial charge in [0.15, 0.2) is 11.5 Å². The second-order valence-electron chi connectivity index (χ2n) is 6.36. The molecule has 2 heterocycles. The number of rotatable bonds is 3. The summed E-state index contributed by atoms with van der Waals surface area (Å²) in [6, 6.07) is 10.5. The number of halogens is 1. The summed E-state index contributed by atoms with van der Waals surface area (Å²) in [6.45, 7) is 2.35. The van der Waals surface area contributed by atoms with E-state index in [4.69, 9.17) is 4.74 Å². The molecule has 1 N–H and O–H groups in total. The Labute approximate surface area is 145 Å². The molecule has 1 aliphatic heterocycles. The molecule has 1 aromatic heterocycles. The minimum Gasteiger partial charge on any atom is -0.504 e. The highest BCUT2D eigenvalue weighted by molar-refractivity contribution is 5.82. The van der Waals surface area contributed by atoms with Gasteiger partial charge in [-0.25, -0.2) is 4.39 Å². The Kier molecular flexibility index (Phi) is 4.01. The third kappa shape index (κ3) is 2.91. The van der Waals surface area contributed by atoms with Crippen molar-refractivity contribution in [1.82, 2.24) is 9.88 Å². The molecule has 0 atom stereocenters. The van der Waals surface area contributed by atoms with Gasteiger partial charge in [-0.2, -0.15) is 0 Å². The molecule has 0 radical (unpaired) electrons. The molecule has 2 aromatic carbocycles. The van der Waals surface area contributed by atoms with E-state index in [0.717, 1.165) is 41.7 Å². The van der Waals surface area contributed by atoms with E-state index in [1.807, 2.05) is 12.1 Å². The second kappa shape index (κ2) is 6.33. The molecule has 0 bridgehead atoms. The van der Waals surface area contributed by atoms with E-state index in [1.54, 1.807) is 31.5 Å². The average Bonchev–Trinajstić information content (AvgIpc) is 2.64. The van der Waals surface area contributed by atoms with Crippen LogP contribution in [0.15, 0.2) is 42.6 Å². The Morgan fingerprint density at radius 1 is 1.24 bits per heavy atom. The van der Waals surface area contributed by atoms with Gasteiger partial charge in [-0.1, -0.05) is 6.07 Å². The number of benzene rings is 2. The van der Waals surface area contributed by atoms with Crippen LogP contribution in [0.4, 0.5) is 4.39 Å². The van der Waals surface area contributed by atoms with Crippen molar-refractivity contribution in [2.24, 2.45) is 0 Å². The number of nitrogens with zero attached hydrogens (tertiary/aromatic N) is 2. The van der Waals surface area contributed by atoms with E-state index in [9.17, 15) is 9.50 Å². The number of phenolic OH excluding ortho intramolecular Hbond substituents is 1. The predicted molar refractivity (Wildman–Crippen MR) is 94.2 cm³/mol. The monoisotopic (exact) mass is 338 g/mol. The number of pyridine rings is 1. The molecule has 0 spiro atoms. The Balaban J connectivity index is 1.62. The predicted octanol–water partition coefficient (Wildman–Crippen LogP) is 3.65. The van der Waals surface area contributed by atoms with Gasteiger partial charge in [0.1, 0.15) is 5.82 Å². The smallest absolute Gasteiger partial charge is 0.160 e. The molecule has 5 heteroatoms. The van der Waals surface area contributed by atoms with Crippen molar-refractivity contribution >= 4 is 10.9 Å². The lowest BCUT2D eigenvalue weighted by molar-refractivity contribution is 0.245. The maximum Gasteiger partial charge on any atom is 0.160 e. The third-order valence-electron chi connectivity index (χ3n) is 4.79. The molecule has 25 heavy (non-hydrogen) atoms. The van der Waals surface area contributed by atoms with Crippen LogP contribution in [-0.4, -0.2) is 28.6 Å². The molecule has 4 nitrogen and oxygen atoms in total. The SMILES string of the molecule is COc1cc2c(cc1O)CCN(Cc1ccc(F)c3cccnc13)C2. The number of hydrogen-bond acceptors (Lipinski definition) is 4. The quantitative estimate of drug-likeness (QED) is 0.792. The Hall–Kier alpha value is -2.66. The molecule has 0 unspecified atom stereocenters. The average molecular weight is 338 g/mol. The summed E-state index contributed by atoms with van der Waals surface area (Å²) < 4.78 is 19.2. The second-order valence-corrected chi connectivity index (χ2v) is 6.36. The largest absolute Gasteiger partial charge is 0.504 e. The molecule has 0 saturated carbocycles. The zero-order valence-corrected chi connectivity index (χ0v) is 14.0. The third-order valence-corrected chi connectivity index (χ3v) is 4.79. The van der Waals surface area contributed by atoms with E-state index in [-0.39, 0.29) is 11.6 Å². The number of aromatic hydroxyl groups is 1. The molecule has 128 valence electrons. The fraction of sp³-hybridized carbons (Fsp3) is 0.250. The lowest BCUT2D eigenvalue weighted by atomic mass is 9.98. The lowest BCUT2D eigenvalue weighted by Crippen LogP contribution is -2.30. The normalized spacial score (nSPS) is 14.5. The molecule has 0 amide bonds. The van der Waals surface area contributed by atoms with E-state index in [2.05, 4.69) is 9.88 Å². The van der Waals surface area contributed by atoms with Crippen LogP contribution >= 0.6 is 0 Å². The van der Waals surface area contributed by atoms with Crippen molar-refractivity contribution < 1.29 is 14.2 Å². The van der Waals surface area contributed by atoms with Crippen molar-refractivity contribution in [2.75, 3.05) is 13.7 Å². The van der Waals surface area contributed by atoms with Gasteiger partial charge in [-0.3, -0.25) is 9.88 Å². The van der Waals surface area contributed by atoms with E-state index in [1.165, 1.54) is 6.07 Å². The van der Waals surface area contributed by atoms with E-state index < -0.39 is 0 Å². The van der Waals surface area contributed by atoms with Crippen molar-refractivity contribution in [1.29, 1.82) is 0 Å². The Bertz CT molecular complexity index is 942. The fourth-order valence-corrected chi connectivity index (χ4v) is 3.50. The van der Waals surface area contributed by atoms with Gasteiger partial charge in [0.2, 0.25) is 0 Å². The summed E-state index contributed by atoms with van der Waals surface area (Å²) >= 11 is 0. The van der Waals surface area contributed by atoms with Gasteiger partial charge in [0.05, 0.1) is 12.6 Å². The van der Waals surface area contributed by atoms with Crippen LogP contribution in [0.3, 0.4) is 0 Å². The van der Waals surface area contributed by atoms with Gasteiger partial charge in [-0.15, -0.1) is 0 Å². The van der Waals surface area contributed by atoms with Crippen molar-refractivity contribution in [3.05, 3.63) is 65.1 Å². The summed E-state index contributed by atoms with van der Waals surface area (Å²) in [4.78, 5) is 6.68. The van der Waals surface area contributed by atoms with E-state index >= 15 is 0 Å². The van der Waals surface area contributed by atoms with Gasteiger partial charge < -0.3 is 9.84 Å². The molecule has 1 aliphatic rings. The standard InChI is InChI=1S/C20H19FN2O2/c1-25-19-10-15-12-23(8-6-13(15)9-18(19)24)11-14-4-5-17(21)16-3-2-7-22-20(14)16/h2-5,7,9-10,24H,6,8,11-12H2,1H3. The van der Waals surface area contributed by atoms with Crippen molar-refractivity contribution in [2.45, 2.75) is 19.5 Å². The zero-order valence-electron chi connectivity index (χ0n) is 14.0. The summed E-state index contributed by atoms with van der Waals surface area (Å²) in [5.41, 5.74) is 4.04. The molecule has 0 fully saturated rings. The number of methoxy groups -OCH3 is 1. The highest BCUT2D eigenvalue weighted by Crippen LogP contribution is 2.33. The maximum absolute atomic E-state index is 14.0. The summed E-state index contributed by atoms with van der Waals surface area (Å²) in [5.74, 6) is 0.439. The number of hydrogen-bond donors (Lipinski definition) is 1. The van der Waals surface area contributed by atoms with E-state index in [0.29, 0.717) is 17.7 Å². The molecular formula is C20H19FN2O2. The summed E-state index contributed by atoms with van der Waals surface area (Å²) in [5, 5.41) is 10.5. The molecule has 4 rings (SSSR count). The topological polar surface area (TPSA) is 45.6 Å². The van der Waals surface area contributed by atoms with Gasteiger partial charge >= 0.3 is 0 Å². The maximum atomic E-state index is 14.0. The van der Waals surface area contributed by atoms with Gasteiger partial charge in [0, 0.05) is 31.2 Å². The summed E-state index contributed by atoms with van der Waals surface area (Å²) in [7, 11) is 1.55. The van der Waals surface area contributed by atoms with Gasteiger partial charge in [-0.05, 0) is 53.4 Å². The van der Waals surface area contributed by atoms with Crippen LogP contribution in [0, 0.1) is 5.82 Å². The lowest BCUT2D eigenvalue weighted by Gasteiger charge is -2.29. The first-order valence-corrected chi connectivity index (χ1v) is 8.29. The Morgan fingerprint density at radius 2 is 2.12 bits per heavy atom. The number of ether oxygens (including phenoxy) is 1. The van der Waals surface area contributed by atoms with Crippen LogP contribution in [0.1, 0.15) is 16.7 Å². The van der Waals surface area contributed by atoms with Gasteiger partial charge in [0.25, 0.3) is 0 Å². The van der Waals surface area contributed by atoms with Crippen LogP contribution < -0.4 is 4.74 Å². The minimum absolute atomic E-state index is 0.184. The van der Waals surface area contributed by atoms with Crippen molar-refractivity contribution in [3.63, 3.8) is 0 Å². The molecule has 0 aliphatic carbocycles. The number of aromatic nitrogens is 1. The highest BCUT2D eigenvalue weighted by Gasteiger charge is 2.20. The highest BCUT2D eigenvalue weighted by atomic mass is 19.1. The van der Waals surface area contributed by atoms with Crippen LogP contribution in [0.5, 0.6) is 11.5 Å². The van der Waals surface area contributed by atoms with Crippen LogP contribution in [0.2, 0.25) is 0 Å². The summed E-state index contributed by atoms with van der Waals surface area (Å²) in [6.07, 6.45) is 2.56. The first-order valence-electron chi connectivity index (χ1n) is 8.29. The van der Waals surface area contributed by atoms with Crippen LogP contribution in [-0.2, 0) is 19.5 Å². The Morgan fingerprint density at radius 3 is 2.96 bits per heavy atom. The van der Waals surface area contributed by atoms with Crippen LogP contribution in [0.25, 0.3) is 10.9 Å². The van der Waals surface area contributed by atoms with Crippen molar-refractivity contribution in [3.8, 4) is 11.5 Å². The minimum atomic E-state index is -0.240. The first-order chi connectivity index (χ1) is 12.2. The first kappa shape index (κ1) is 15.8.